The molecular formula is C30H43Br2Cl3N4O2Si2. The molecule has 0 bridgehead atoms. The summed E-state index contributed by atoms with van der Waals surface area (Å²) in [6.07, 6.45) is 1.98. The molecule has 0 N–H and O–H groups in total. The Labute approximate surface area is 290 Å². The molecule has 4 aromatic rings. The first kappa shape index (κ1) is 37.0. The highest BCUT2D eigenvalue weighted by atomic mass is 79.9. The Kier molecular flexibility index (Phi) is 12.2. The van der Waals surface area contributed by atoms with Gasteiger partial charge in [-0.05, 0) is 92.4 Å². The van der Waals surface area contributed by atoms with E-state index in [-0.39, 0.29) is 10.1 Å². The second-order valence-electron chi connectivity index (χ2n) is 13.7. The Morgan fingerprint density at radius 1 is 0.721 bits per heavy atom. The van der Waals surface area contributed by atoms with Crippen LogP contribution in [0.1, 0.15) is 41.5 Å². The zero-order chi connectivity index (χ0) is 32.5. The van der Waals surface area contributed by atoms with E-state index >= 15 is 0 Å². The smallest absolute Gasteiger partial charge is 0.192 e. The first-order valence-corrected chi connectivity index (χ1v) is 22.8. The van der Waals surface area contributed by atoms with Crippen molar-refractivity contribution < 1.29 is 8.85 Å². The summed E-state index contributed by atoms with van der Waals surface area (Å²) in [6, 6.07) is 7.68. The van der Waals surface area contributed by atoms with Crippen LogP contribution in [-0.4, -0.2) is 49.4 Å². The number of nitrogens with zero attached hydrogens (tertiary/aromatic N) is 4. The molecule has 0 unspecified atom stereocenters. The lowest BCUT2D eigenvalue weighted by Crippen LogP contribution is -2.41. The topological polar surface area (TPSA) is 54.1 Å². The van der Waals surface area contributed by atoms with Crippen molar-refractivity contribution in [3.8, 4) is 0 Å². The Bertz CT molecular complexity index is 1580. The fourth-order valence-electron chi connectivity index (χ4n) is 3.68. The number of fused-ring (bicyclic) bond motifs is 2. The van der Waals surface area contributed by atoms with Crippen LogP contribution in [0.5, 0.6) is 0 Å². The first-order valence-electron chi connectivity index (χ1n) is 14.3. The lowest BCUT2D eigenvalue weighted by molar-refractivity contribution is 0.266. The lowest BCUT2D eigenvalue weighted by atomic mass is 10.2. The molecule has 0 radical (unpaired) electrons. The van der Waals surface area contributed by atoms with Crippen molar-refractivity contribution in [1.29, 1.82) is 0 Å². The molecule has 43 heavy (non-hydrogen) atoms. The molecule has 0 saturated heterocycles. The normalized spacial score (nSPS) is 13.1. The fraction of sp³-hybridized carbons (Fsp3) is 0.533. The number of halogens is 5. The van der Waals surface area contributed by atoms with Crippen LogP contribution in [0.15, 0.2) is 39.4 Å². The van der Waals surface area contributed by atoms with Crippen molar-refractivity contribution in [3.05, 3.63) is 54.6 Å². The van der Waals surface area contributed by atoms with Crippen molar-refractivity contribution in [3.63, 3.8) is 0 Å². The molecule has 0 fully saturated rings. The summed E-state index contributed by atoms with van der Waals surface area (Å²) < 4.78 is 17.8. The van der Waals surface area contributed by atoms with E-state index in [4.69, 9.17) is 43.7 Å². The minimum absolute atomic E-state index is 0.194. The quantitative estimate of drug-likeness (QED) is 0.166. The van der Waals surface area contributed by atoms with Gasteiger partial charge in [0.2, 0.25) is 0 Å². The van der Waals surface area contributed by atoms with E-state index in [2.05, 4.69) is 110 Å². The second kappa shape index (κ2) is 14.1. The van der Waals surface area contributed by atoms with Gasteiger partial charge < -0.3 is 8.85 Å². The van der Waals surface area contributed by atoms with Crippen LogP contribution in [-0.2, 0) is 21.9 Å². The van der Waals surface area contributed by atoms with Gasteiger partial charge in [0.25, 0.3) is 0 Å². The van der Waals surface area contributed by atoms with Crippen LogP contribution in [0.3, 0.4) is 0 Å². The van der Waals surface area contributed by atoms with Crippen LogP contribution in [0.4, 0.5) is 0 Å². The molecule has 13 heteroatoms. The zero-order valence-corrected chi connectivity index (χ0v) is 34.2. The van der Waals surface area contributed by atoms with E-state index in [0.29, 0.717) is 35.0 Å². The van der Waals surface area contributed by atoms with Crippen molar-refractivity contribution >= 4 is 105 Å². The third-order valence-electron chi connectivity index (χ3n) is 8.52. The van der Waals surface area contributed by atoms with Gasteiger partial charge in [0.1, 0.15) is 5.15 Å². The molecule has 4 rings (SSSR count). The van der Waals surface area contributed by atoms with Crippen LogP contribution in [0.25, 0.3) is 21.8 Å². The highest BCUT2D eigenvalue weighted by Gasteiger charge is 2.37. The third kappa shape index (κ3) is 8.89. The first-order chi connectivity index (χ1) is 19.7. The molecule has 238 valence electrons. The lowest BCUT2D eigenvalue weighted by Gasteiger charge is -2.36. The zero-order valence-electron chi connectivity index (χ0n) is 26.7. The minimum atomic E-state index is -1.75. The summed E-state index contributed by atoms with van der Waals surface area (Å²) in [5.41, 5.74) is 1.71. The number of benzene rings is 2. The van der Waals surface area contributed by atoms with Crippen LogP contribution in [0, 0.1) is 0 Å². The van der Waals surface area contributed by atoms with Gasteiger partial charge in [0.15, 0.2) is 16.6 Å². The number of hydrogen-bond acceptors (Lipinski definition) is 4. The maximum absolute atomic E-state index is 6.43. The predicted octanol–water partition coefficient (Wildman–Crippen LogP) is 11.6. The molecule has 0 spiro atoms. The summed E-state index contributed by atoms with van der Waals surface area (Å²) in [5.74, 6) is 0. The summed E-state index contributed by atoms with van der Waals surface area (Å²) >= 11 is 25.9. The van der Waals surface area contributed by atoms with Gasteiger partial charge in [-0.25, -0.2) is 0 Å². The summed E-state index contributed by atoms with van der Waals surface area (Å²) in [4.78, 5) is 0. The molecule has 0 amide bonds. The van der Waals surface area contributed by atoms with E-state index in [1.165, 1.54) is 0 Å². The maximum Gasteiger partial charge on any atom is 0.192 e. The monoisotopic (exact) mass is 810 g/mol. The largest absolute Gasteiger partial charge is 0.415 e. The Morgan fingerprint density at radius 3 is 1.74 bits per heavy atom. The molecule has 2 heterocycles. The van der Waals surface area contributed by atoms with Gasteiger partial charge in [-0.1, -0.05) is 76.3 Å². The van der Waals surface area contributed by atoms with E-state index in [1.807, 2.05) is 35.1 Å². The van der Waals surface area contributed by atoms with Crippen molar-refractivity contribution in [2.75, 3.05) is 13.2 Å². The van der Waals surface area contributed by atoms with Gasteiger partial charge in [0, 0.05) is 20.5 Å². The van der Waals surface area contributed by atoms with E-state index in [1.54, 1.807) is 4.68 Å². The summed E-state index contributed by atoms with van der Waals surface area (Å²) in [7, 11) is -3.45. The number of aromatic nitrogens is 4. The minimum Gasteiger partial charge on any atom is -0.415 e. The van der Waals surface area contributed by atoms with E-state index in [0.717, 1.165) is 37.3 Å². The van der Waals surface area contributed by atoms with Crippen LogP contribution < -0.4 is 0 Å². The average Bonchev–Trinajstić information content (AvgIpc) is 3.44. The molecule has 2 aromatic heterocycles. The summed E-state index contributed by atoms with van der Waals surface area (Å²) in [5, 5.41) is 13.1. The standard InChI is InChI=1S/C15H21BrCl2N2OSi.C15H22BrClN2OSi/c1-15(2,3)22(4,5)21-9-8-20-14(18)12-11(19-20)7-6-10(16)13(12)17;1-15(2,3)21(4,5)20-9-8-19-10-11-13(18-19)7-6-12(16)14(11)17/h6-7H,8-9H2,1-5H3;6-7,10H,8-9H2,1-5H3. The molecule has 0 atom stereocenters. The number of rotatable bonds is 8. The Balaban J connectivity index is 0.000000236. The molecule has 6 nitrogen and oxygen atoms in total. The maximum atomic E-state index is 6.43. The molecule has 0 aliphatic rings. The Hall–Kier alpha value is -0.436. The molecular weight excluding hydrogens is 771 g/mol. The molecule has 0 aliphatic carbocycles. The van der Waals surface area contributed by atoms with E-state index < -0.39 is 16.6 Å². The average molecular weight is 814 g/mol. The third-order valence-corrected chi connectivity index (χ3v) is 20.6. The van der Waals surface area contributed by atoms with Crippen molar-refractivity contribution in [1.82, 2.24) is 19.6 Å². The SMILES string of the molecule is CC(C)(C)[Si](C)(C)OCCn1cc2c(Cl)c(Br)ccc2n1.CC(C)(C)[Si](C)(C)OCCn1nc2ccc(Br)c(Cl)c2c1Cl. The van der Waals surface area contributed by atoms with E-state index in [9.17, 15) is 0 Å². The predicted molar refractivity (Wildman–Crippen MR) is 196 cm³/mol. The molecule has 2 aromatic carbocycles. The van der Waals surface area contributed by atoms with Gasteiger partial charge >= 0.3 is 0 Å². The summed E-state index contributed by atoms with van der Waals surface area (Å²) in [6.45, 7) is 25.1. The van der Waals surface area contributed by atoms with Crippen LogP contribution in [0.2, 0.25) is 51.5 Å². The van der Waals surface area contributed by atoms with Crippen molar-refractivity contribution in [2.24, 2.45) is 0 Å². The Morgan fingerprint density at radius 2 is 1.21 bits per heavy atom. The van der Waals surface area contributed by atoms with Gasteiger partial charge in [-0.2, -0.15) is 10.2 Å². The van der Waals surface area contributed by atoms with Gasteiger partial charge in [-0.15, -0.1) is 0 Å². The van der Waals surface area contributed by atoms with Crippen molar-refractivity contribution in [2.45, 2.75) is 90.9 Å². The molecule has 0 saturated carbocycles. The van der Waals surface area contributed by atoms with Crippen LogP contribution >= 0.6 is 66.7 Å². The highest BCUT2D eigenvalue weighted by Crippen LogP contribution is 2.38. The van der Waals surface area contributed by atoms with Gasteiger partial charge in [0.05, 0.1) is 52.8 Å². The molecule has 0 aliphatic heterocycles. The van der Waals surface area contributed by atoms with Gasteiger partial charge in [-0.3, -0.25) is 9.36 Å². The second-order valence-corrected chi connectivity index (χ2v) is 26.1. The highest BCUT2D eigenvalue weighted by molar-refractivity contribution is 9.10. The fourth-order valence-corrected chi connectivity index (χ4v) is 7.25. The number of hydrogen-bond donors (Lipinski definition) is 0.